The normalized spacial score (nSPS) is 13.1. The van der Waals surface area contributed by atoms with Crippen LogP contribution in [0.15, 0.2) is 28.0 Å². The molecular formula is C26H21ClFN3O4S2. The first-order chi connectivity index (χ1) is 17.5. The Morgan fingerprint density at radius 2 is 2.03 bits per heavy atom. The Hall–Kier alpha value is -3.10. The number of pyridine rings is 1. The molecule has 2 N–H and O–H groups in total. The predicted molar refractivity (Wildman–Crippen MR) is 145 cm³/mol. The smallest absolute Gasteiger partial charge is 0.412 e. The molecule has 0 spiro atoms. The van der Waals surface area contributed by atoms with Crippen LogP contribution in [0.4, 0.5) is 14.2 Å². The summed E-state index contributed by atoms with van der Waals surface area (Å²) in [6.45, 7) is 5.59. The number of aromatic amines is 1. The lowest BCUT2D eigenvalue weighted by Gasteiger charge is -2.19. The largest absolute Gasteiger partial charge is 0.444 e. The van der Waals surface area contributed by atoms with Crippen LogP contribution in [-0.2, 0) is 22.7 Å². The van der Waals surface area contributed by atoms with E-state index in [2.05, 4.69) is 16.4 Å². The van der Waals surface area contributed by atoms with Gasteiger partial charge in [-0.15, -0.1) is 23.1 Å². The van der Waals surface area contributed by atoms with Gasteiger partial charge in [-0.3, -0.25) is 10.1 Å². The van der Waals surface area contributed by atoms with Gasteiger partial charge in [0.1, 0.15) is 22.5 Å². The molecule has 190 valence electrons. The summed E-state index contributed by atoms with van der Waals surface area (Å²) in [6.07, 6.45) is 1.09. The number of carbonyl (C=O) groups excluding carboxylic acids is 1. The van der Waals surface area contributed by atoms with Gasteiger partial charge in [-0.25, -0.2) is 9.18 Å². The second-order valence-corrected chi connectivity index (χ2v) is 11.7. The minimum Gasteiger partial charge on any atom is -0.444 e. The van der Waals surface area contributed by atoms with Crippen molar-refractivity contribution in [2.24, 2.45) is 0 Å². The average Bonchev–Trinajstić information content (AvgIpc) is 3.44. The van der Waals surface area contributed by atoms with Crippen molar-refractivity contribution in [3.63, 3.8) is 0 Å². The number of nitriles is 1. The Bertz CT molecular complexity index is 1720. The maximum Gasteiger partial charge on any atom is 0.412 e. The molecule has 1 aliphatic rings. The third kappa shape index (κ3) is 4.36. The molecule has 5 rings (SSSR count). The zero-order valence-corrected chi connectivity index (χ0v) is 22.7. The molecule has 3 heterocycles. The summed E-state index contributed by atoms with van der Waals surface area (Å²) in [5, 5.41) is 14.5. The van der Waals surface area contributed by atoms with E-state index < -0.39 is 17.5 Å². The summed E-state index contributed by atoms with van der Waals surface area (Å²) in [5.74, 6) is -0.541. The maximum absolute atomic E-state index is 15.0. The molecule has 11 heteroatoms. The lowest BCUT2D eigenvalue weighted by molar-refractivity contribution is 0.0636. The third-order valence-electron chi connectivity index (χ3n) is 5.91. The summed E-state index contributed by atoms with van der Waals surface area (Å²) in [4.78, 5) is 28.7. The van der Waals surface area contributed by atoms with Gasteiger partial charge in [0.05, 0.1) is 44.4 Å². The standard InChI is InChI=1S/C26H21ClFN3O4S2/c1-26(2,3)35-25(33)31-24-12(8-29)19-11(5-6-15(28)23(19)37-24)18-13-9-34-10-14(13)20-16(32)7-17(36-4)30-22(20)21(18)27/h5-7H,9-10H2,1-4H3,(H,30,32)(H,31,33). The van der Waals surface area contributed by atoms with E-state index in [0.717, 1.165) is 11.3 Å². The molecule has 0 aliphatic carbocycles. The van der Waals surface area contributed by atoms with Crippen LogP contribution < -0.4 is 10.7 Å². The van der Waals surface area contributed by atoms with Crippen molar-refractivity contribution in [2.45, 2.75) is 44.6 Å². The predicted octanol–water partition coefficient (Wildman–Crippen LogP) is 7.17. The first kappa shape index (κ1) is 25.5. The number of aromatic nitrogens is 1. The number of fused-ring (bicyclic) bond motifs is 4. The van der Waals surface area contributed by atoms with Crippen LogP contribution in [-0.4, -0.2) is 22.9 Å². The van der Waals surface area contributed by atoms with Gasteiger partial charge in [0.15, 0.2) is 5.43 Å². The van der Waals surface area contributed by atoms with Gasteiger partial charge < -0.3 is 14.5 Å². The monoisotopic (exact) mass is 557 g/mol. The van der Waals surface area contributed by atoms with Crippen molar-refractivity contribution in [2.75, 3.05) is 11.6 Å². The number of thioether (sulfide) groups is 1. The third-order valence-corrected chi connectivity index (χ3v) is 8.06. The summed E-state index contributed by atoms with van der Waals surface area (Å²) >= 11 is 9.28. The van der Waals surface area contributed by atoms with E-state index in [9.17, 15) is 14.9 Å². The van der Waals surface area contributed by atoms with Gasteiger partial charge >= 0.3 is 6.09 Å². The number of hydrogen-bond donors (Lipinski definition) is 2. The van der Waals surface area contributed by atoms with Crippen LogP contribution in [0.3, 0.4) is 0 Å². The molecule has 2 aromatic heterocycles. The van der Waals surface area contributed by atoms with Crippen LogP contribution >= 0.6 is 34.7 Å². The molecule has 0 bridgehead atoms. The topological polar surface area (TPSA) is 104 Å². The summed E-state index contributed by atoms with van der Waals surface area (Å²) in [6, 6.07) is 6.50. The SMILES string of the molecule is CSc1cc(=O)c2c3c(c(-c4ccc(F)c5sc(NC(=O)OC(C)(C)C)c(C#N)c45)c(Cl)c2[nH]1)COC3. The van der Waals surface area contributed by atoms with Gasteiger partial charge in [0.2, 0.25) is 0 Å². The molecule has 4 aromatic rings. The van der Waals surface area contributed by atoms with E-state index in [4.69, 9.17) is 21.1 Å². The van der Waals surface area contributed by atoms with Crippen molar-refractivity contribution in [3.05, 3.63) is 56.0 Å². The number of hydrogen-bond acceptors (Lipinski definition) is 7. The zero-order chi connectivity index (χ0) is 26.6. The minimum absolute atomic E-state index is 0.0931. The van der Waals surface area contributed by atoms with Gasteiger partial charge in [-0.1, -0.05) is 17.7 Å². The zero-order valence-electron chi connectivity index (χ0n) is 20.3. The van der Waals surface area contributed by atoms with Crippen LogP contribution in [0, 0.1) is 17.1 Å². The first-order valence-electron chi connectivity index (χ1n) is 11.2. The lowest BCUT2D eigenvalue weighted by Crippen LogP contribution is -2.27. The number of nitrogens with zero attached hydrogens (tertiary/aromatic N) is 1. The Labute approximate surface area is 224 Å². The maximum atomic E-state index is 15.0. The lowest BCUT2D eigenvalue weighted by atomic mass is 9.91. The summed E-state index contributed by atoms with van der Waals surface area (Å²) in [7, 11) is 0. The van der Waals surface area contributed by atoms with E-state index in [1.54, 1.807) is 26.8 Å². The fourth-order valence-electron chi connectivity index (χ4n) is 4.50. The molecule has 1 aliphatic heterocycles. The number of benzene rings is 2. The van der Waals surface area contributed by atoms with E-state index >= 15 is 4.39 Å². The van der Waals surface area contributed by atoms with Crippen molar-refractivity contribution < 1.29 is 18.7 Å². The molecule has 37 heavy (non-hydrogen) atoms. The molecule has 2 aromatic carbocycles. The van der Waals surface area contributed by atoms with Crippen LogP contribution in [0.25, 0.3) is 32.1 Å². The van der Waals surface area contributed by atoms with Crippen LogP contribution in [0.1, 0.15) is 37.5 Å². The Morgan fingerprint density at radius 1 is 1.30 bits per heavy atom. The number of halogens is 2. The number of rotatable bonds is 3. The van der Waals surface area contributed by atoms with Crippen molar-refractivity contribution >= 4 is 66.8 Å². The first-order valence-corrected chi connectivity index (χ1v) is 13.6. The van der Waals surface area contributed by atoms with Crippen molar-refractivity contribution in [1.82, 2.24) is 4.98 Å². The number of anilines is 1. The summed E-state index contributed by atoms with van der Waals surface area (Å²) in [5.41, 5.74) is 2.10. The quantitative estimate of drug-likeness (QED) is 0.259. The highest BCUT2D eigenvalue weighted by Crippen LogP contribution is 2.48. The molecule has 0 fully saturated rings. The highest BCUT2D eigenvalue weighted by Gasteiger charge is 2.29. The Kier molecular flexibility index (Phi) is 6.44. The number of thiophene rings is 1. The summed E-state index contributed by atoms with van der Waals surface area (Å²) < 4.78 is 26.3. The highest BCUT2D eigenvalue weighted by molar-refractivity contribution is 7.98. The Balaban J connectivity index is 1.81. The van der Waals surface area contributed by atoms with E-state index in [0.29, 0.717) is 43.6 Å². The molecule has 0 saturated carbocycles. The van der Waals surface area contributed by atoms with Gasteiger partial charge in [0.25, 0.3) is 0 Å². The van der Waals surface area contributed by atoms with E-state index in [-0.39, 0.29) is 38.9 Å². The van der Waals surface area contributed by atoms with Gasteiger partial charge in [-0.2, -0.15) is 5.26 Å². The second kappa shape index (κ2) is 9.33. The number of amides is 1. The molecule has 0 saturated heterocycles. The van der Waals surface area contributed by atoms with Crippen molar-refractivity contribution in [3.8, 4) is 17.2 Å². The van der Waals surface area contributed by atoms with E-state index in [1.165, 1.54) is 23.9 Å². The molecule has 0 atom stereocenters. The number of carbonyl (C=O) groups is 1. The molecule has 1 amide bonds. The average molecular weight is 558 g/mol. The second-order valence-electron chi connectivity index (χ2n) is 9.43. The van der Waals surface area contributed by atoms with Crippen molar-refractivity contribution in [1.29, 1.82) is 5.26 Å². The van der Waals surface area contributed by atoms with Crippen LogP contribution in [0.2, 0.25) is 5.02 Å². The minimum atomic E-state index is -0.754. The fourth-order valence-corrected chi connectivity index (χ4v) is 6.35. The number of ether oxygens (including phenoxy) is 2. The Morgan fingerprint density at radius 3 is 2.70 bits per heavy atom. The molecular weight excluding hydrogens is 537 g/mol. The highest BCUT2D eigenvalue weighted by atomic mass is 35.5. The molecule has 7 nitrogen and oxygen atoms in total. The number of nitrogens with one attached hydrogen (secondary N) is 2. The molecule has 0 radical (unpaired) electrons. The number of H-pyrrole nitrogens is 1. The van der Waals surface area contributed by atoms with Gasteiger partial charge in [-0.05, 0) is 49.8 Å². The molecule has 0 unspecified atom stereocenters. The fraction of sp³-hybridized carbons (Fsp3) is 0.269. The van der Waals surface area contributed by atoms with Gasteiger partial charge in [0, 0.05) is 17.0 Å². The van der Waals surface area contributed by atoms with E-state index in [1.807, 2.05) is 6.26 Å². The van der Waals surface area contributed by atoms with Crippen LogP contribution in [0.5, 0.6) is 0 Å².